The summed E-state index contributed by atoms with van der Waals surface area (Å²) in [4.78, 5) is 24.3. The summed E-state index contributed by atoms with van der Waals surface area (Å²) in [6, 6.07) is 3.29. The fourth-order valence-electron chi connectivity index (χ4n) is 2.21. The minimum absolute atomic E-state index is 0.127. The number of benzene rings is 1. The predicted molar refractivity (Wildman–Crippen MR) is 64.9 cm³/mol. The number of hydrogen-bond donors (Lipinski definition) is 0. The number of nitro groups is 1. The van der Waals surface area contributed by atoms with Crippen molar-refractivity contribution in [3.8, 4) is 5.75 Å². The Morgan fingerprint density at radius 3 is 2.78 bits per heavy atom. The number of fused-ring (bicyclic) bond motifs is 1. The molecule has 0 spiro atoms. The van der Waals surface area contributed by atoms with Gasteiger partial charge in [-0.15, -0.1) is 0 Å². The highest BCUT2D eigenvalue weighted by Gasteiger charge is 2.32. The smallest absolute Gasteiger partial charge is 0.323 e. The Balaban J connectivity index is 2.70. The third-order valence-corrected chi connectivity index (χ3v) is 3.13. The fraction of sp³-hybridized carbons (Fsp3) is 0.417. The van der Waals surface area contributed by atoms with E-state index >= 15 is 0 Å². The second-order valence-electron chi connectivity index (χ2n) is 4.24. The van der Waals surface area contributed by atoms with E-state index in [0.717, 1.165) is 12.0 Å². The molecule has 0 saturated heterocycles. The lowest BCUT2D eigenvalue weighted by molar-refractivity contribution is -0.386. The number of nitro benzene ring substituents is 1. The highest BCUT2D eigenvalue weighted by atomic mass is 16.6. The maximum Gasteiger partial charge on any atom is 0.323 e. The van der Waals surface area contributed by atoms with Crippen molar-refractivity contribution in [2.24, 2.45) is 0 Å². The van der Waals surface area contributed by atoms with Crippen molar-refractivity contribution < 1.29 is 14.5 Å². The van der Waals surface area contributed by atoms with Gasteiger partial charge >= 0.3 is 5.69 Å². The number of rotatable bonds is 2. The van der Waals surface area contributed by atoms with Gasteiger partial charge in [-0.1, -0.05) is 6.07 Å². The summed E-state index contributed by atoms with van der Waals surface area (Å²) < 4.78 is 4.98. The summed E-state index contributed by atoms with van der Waals surface area (Å²) in [6.07, 6.45) is 1.47. The van der Waals surface area contributed by atoms with Gasteiger partial charge < -0.3 is 9.64 Å². The largest absolute Gasteiger partial charge is 0.490 e. The molecule has 1 amide bonds. The van der Waals surface area contributed by atoms with Crippen LogP contribution in [0.1, 0.15) is 22.3 Å². The molecule has 18 heavy (non-hydrogen) atoms. The highest BCUT2D eigenvalue weighted by molar-refractivity contribution is 6.01. The number of amides is 1. The summed E-state index contributed by atoms with van der Waals surface area (Å²) in [5.41, 5.74) is 0.657. The molecular formula is C12H14N2O4. The molecule has 0 N–H and O–H groups in total. The standard InChI is InChI=1S/C12H14N2O4/c1-13-7-3-4-8-5-6-9(18-2)11(14(16)17)10(8)12(13)15/h5-6H,3-4,7H2,1-2H3. The molecule has 6 heteroatoms. The molecule has 0 saturated carbocycles. The van der Waals surface area contributed by atoms with E-state index in [1.54, 1.807) is 19.2 Å². The minimum atomic E-state index is -0.547. The van der Waals surface area contributed by atoms with Crippen LogP contribution in [-0.4, -0.2) is 36.4 Å². The summed E-state index contributed by atoms with van der Waals surface area (Å²) >= 11 is 0. The van der Waals surface area contributed by atoms with Crippen LogP contribution < -0.4 is 4.74 Å². The molecular weight excluding hydrogens is 236 g/mol. The van der Waals surface area contributed by atoms with Crippen LogP contribution in [0.15, 0.2) is 12.1 Å². The van der Waals surface area contributed by atoms with E-state index in [2.05, 4.69) is 0 Å². The number of hydrogen-bond acceptors (Lipinski definition) is 4. The third kappa shape index (κ3) is 1.90. The van der Waals surface area contributed by atoms with Gasteiger partial charge in [0.25, 0.3) is 5.91 Å². The molecule has 0 aliphatic carbocycles. The second-order valence-corrected chi connectivity index (χ2v) is 4.24. The van der Waals surface area contributed by atoms with Gasteiger partial charge in [0.15, 0.2) is 5.75 Å². The molecule has 0 atom stereocenters. The van der Waals surface area contributed by atoms with Crippen LogP contribution in [0.2, 0.25) is 0 Å². The Bertz CT molecular complexity index is 513. The van der Waals surface area contributed by atoms with Crippen molar-refractivity contribution >= 4 is 11.6 Å². The van der Waals surface area contributed by atoms with E-state index in [0.29, 0.717) is 13.0 Å². The first-order chi connectivity index (χ1) is 8.56. The summed E-state index contributed by atoms with van der Waals surface area (Å²) in [6.45, 7) is 0.604. The predicted octanol–water partition coefficient (Wildman–Crippen LogP) is 1.62. The quantitative estimate of drug-likeness (QED) is 0.590. The van der Waals surface area contributed by atoms with Crippen LogP contribution in [-0.2, 0) is 6.42 Å². The average Bonchev–Trinajstić information content (AvgIpc) is 2.49. The topological polar surface area (TPSA) is 72.7 Å². The van der Waals surface area contributed by atoms with Gasteiger partial charge in [0.05, 0.1) is 12.0 Å². The lowest BCUT2D eigenvalue weighted by atomic mass is 10.0. The van der Waals surface area contributed by atoms with E-state index in [1.165, 1.54) is 12.0 Å². The van der Waals surface area contributed by atoms with Gasteiger partial charge in [0.1, 0.15) is 5.56 Å². The molecule has 0 aromatic heterocycles. The Morgan fingerprint density at radius 2 is 2.17 bits per heavy atom. The molecule has 0 unspecified atom stereocenters. The molecule has 1 heterocycles. The maximum absolute atomic E-state index is 12.2. The van der Waals surface area contributed by atoms with Crippen LogP contribution in [0, 0.1) is 10.1 Å². The maximum atomic E-state index is 12.2. The zero-order chi connectivity index (χ0) is 13.3. The first-order valence-corrected chi connectivity index (χ1v) is 5.66. The van der Waals surface area contributed by atoms with Crippen LogP contribution in [0.5, 0.6) is 5.75 Å². The third-order valence-electron chi connectivity index (χ3n) is 3.13. The lowest BCUT2D eigenvalue weighted by Gasteiger charge is -2.14. The number of ether oxygens (including phenoxy) is 1. The van der Waals surface area contributed by atoms with Gasteiger partial charge in [-0.25, -0.2) is 0 Å². The van der Waals surface area contributed by atoms with Crippen molar-refractivity contribution in [1.29, 1.82) is 0 Å². The first kappa shape index (κ1) is 12.3. The number of carbonyl (C=O) groups excluding carboxylic acids is 1. The Morgan fingerprint density at radius 1 is 1.44 bits per heavy atom. The van der Waals surface area contributed by atoms with E-state index in [1.807, 2.05) is 0 Å². The van der Waals surface area contributed by atoms with Crippen molar-refractivity contribution in [3.05, 3.63) is 33.4 Å². The molecule has 1 aliphatic rings. The van der Waals surface area contributed by atoms with E-state index in [9.17, 15) is 14.9 Å². The van der Waals surface area contributed by atoms with Crippen molar-refractivity contribution in [2.75, 3.05) is 20.7 Å². The lowest BCUT2D eigenvalue weighted by Crippen LogP contribution is -2.27. The van der Waals surface area contributed by atoms with Gasteiger partial charge in [0, 0.05) is 13.6 Å². The van der Waals surface area contributed by atoms with Crippen LogP contribution in [0.3, 0.4) is 0 Å². The highest BCUT2D eigenvalue weighted by Crippen LogP contribution is 2.35. The Hall–Kier alpha value is -2.11. The molecule has 0 radical (unpaired) electrons. The fourth-order valence-corrected chi connectivity index (χ4v) is 2.21. The van der Waals surface area contributed by atoms with E-state index < -0.39 is 4.92 Å². The van der Waals surface area contributed by atoms with Crippen LogP contribution >= 0.6 is 0 Å². The molecule has 96 valence electrons. The number of nitrogens with zero attached hydrogens (tertiary/aromatic N) is 2. The normalized spacial score (nSPS) is 15.0. The van der Waals surface area contributed by atoms with Crippen LogP contribution in [0.4, 0.5) is 5.69 Å². The van der Waals surface area contributed by atoms with Gasteiger partial charge in [0.2, 0.25) is 0 Å². The Labute approximate surface area is 104 Å². The van der Waals surface area contributed by atoms with Crippen molar-refractivity contribution in [2.45, 2.75) is 12.8 Å². The number of aryl methyl sites for hydroxylation is 1. The second kappa shape index (κ2) is 4.64. The SMILES string of the molecule is COc1ccc2c(c1[N+](=O)[O-])C(=O)N(C)CCC2. The summed E-state index contributed by atoms with van der Waals surface area (Å²) in [7, 11) is 3.01. The summed E-state index contributed by atoms with van der Waals surface area (Å²) in [5, 5.41) is 11.2. The molecule has 1 aromatic rings. The molecule has 6 nitrogen and oxygen atoms in total. The van der Waals surface area contributed by atoms with Gasteiger partial charge in [-0.2, -0.15) is 0 Å². The first-order valence-electron chi connectivity index (χ1n) is 5.66. The average molecular weight is 250 g/mol. The van der Waals surface area contributed by atoms with E-state index in [-0.39, 0.29) is 22.9 Å². The molecule has 2 rings (SSSR count). The van der Waals surface area contributed by atoms with Gasteiger partial charge in [-0.05, 0) is 24.5 Å². The molecule has 0 fully saturated rings. The molecule has 1 aromatic carbocycles. The zero-order valence-electron chi connectivity index (χ0n) is 10.3. The number of methoxy groups -OCH3 is 1. The Kier molecular flexibility index (Phi) is 3.18. The van der Waals surface area contributed by atoms with E-state index in [4.69, 9.17) is 4.74 Å². The minimum Gasteiger partial charge on any atom is -0.490 e. The van der Waals surface area contributed by atoms with Gasteiger partial charge in [-0.3, -0.25) is 14.9 Å². The molecule has 1 aliphatic heterocycles. The number of carbonyl (C=O) groups is 1. The zero-order valence-corrected chi connectivity index (χ0v) is 10.3. The van der Waals surface area contributed by atoms with Crippen molar-refractivity contribution in [1.82, 2.24) is 4.90 Å². The van der Waals surface area contributed by atoms with Crippen molar-refractivity contribution in [3.63, 3.8) is 0 Å². The molecule has 0 bridgehead atoms. The van der Waals surface area contributed by atoms with Crippen LogP contribution in [0.25, 0.3) is 0 Å². The summed E-state index contributed by atoms with van der Waals surface area (Å²) in [5.74, 6) is -0.185. The monoisotopic (exact) mass is 250 g/mol.